The van der Waals surface area contributed by atoms with Crippen LogP contribution in [0.15, 0.2) is 16.0 Å². The van der Waals surface area contributed by atoms with E-state index in [9.17, 15) is 0 Å². The van der Waals surface area contributed by atoms with E-state index in [-0.39, 0.29) is 0 Å². The Balaban J connectivity index is 1.68. The van der Waals surface area contributed by atoms with E-state index in [0.29, 0.717) is 18.3 Å². The molecular formula is C13H18N4OS. The number of rotatable bonds is 3. The van der Waals surface area contributed by atoms with Crippen LogP contribution in [0.4, 0.5) is 0 Å². The van der Waals surface area contributed by atoms with Crippen LogP contribution in [-0.4, -0.2) is 21.6 Å². The van der Waals surface area contributed by atoms with E-state index in [1.165, 1.54) is 10.4 Å². The van der Waals surface area contributed by atoms with Gasteiger partial charge >= 0.3 is 0 Å². The first kappa shape index (κ1) is 12.8. The second-order valence-electron chi connectivity index (χ2n) is 5.56. The highest BCUT2D eigenvalue weighted by Crippen LogP contribution is 2.25. The standard InChI is InChI=1S/C13H18N4OS/c1-13(2,14)12-15-11(18-16-12)8-17-5-3-10-9(7-17)4-6-19-10/h4,6H,3,5,7-8,14H2,1-2H3. The van der Waals surface area contributed by atoms with Crippen molar-refractivity contribution in [1.82, 2.24) is 15.0 Å². The van der Waals surface area contributed by atoms with Gasteiger partial charge in [-0.3, -0.25) is 4.90 Å². The van der Waals surface area contributed by atoms with Crippen molar-refractivity contribution in [3.05, 3.63) is 33.6 Å². The van der Waals surface area contributed by atoms with Crippen LogP contribution in [0.25, 0.3) is 0 Å². The van der Waals surface area contributed by atoms with E-state index in [1.807, 2.05) is 25.2 Å². The first-order chi connectivity index (χ1) is 9.02. The molecule has 102 valence electrons. The number of thiophene rings is 1. The Morgan fingerprint density at radius 2 is 2.37 bits per heavy atom. The summed E-state index contributed by atoms with van der Waals surface area (Å²) in [7, 11) is 0. The van der Waals surface area contributed by atoms with Crippen LogP contribution in [-0.2, 0) is 25.0 Å². The van der Waals surface area contributed by atoms with Crippen LogP contribution >= 0.6 is 11.3 Å². The lowest BCUT2D eigenvalue weighted by Crippen LogP contribution is -2.31. The molecular weight excluding hydrogens is 260 g/mol. The molecule has 5 nitrogen and oxygen atoms in total. The second-order valence-corrected chi connectivity index (χ2v) is 6.56. The zero-order chi connectivity index (χ0) is 13.5. The van der Waals surface area contributed by atoms with E-state index in [0.717, 1.165) is 19.5 Å². The Hall–Kier alpha value is -1.24. The minimum absolute atomic E-state index is 0.551. The van der Waals surface area contributed by atoms with E-state index >= 15 is 0 Å². The van der Waals surface area contributed by atoms with Gasteiger partial charge in [0.25, 0.3) is 0 Å². The number of nitrogens with zero attached hydrogens (tertiary/aromatic N) is 3. The average Bonchev–Trinajstić information content (AvgIpc) is 2.95. The lowest BCUT2D eigenvalue weighted by Gasteiger charge is -2.25. The molecule has 3 rings (SSSR count). The summed E-state index contributed by atoms with van der Waals surface area (Å²) in [6, 6.07) is 2.20. The van der Waals surface area contributed by atoms with Crippen molar-refractivity contribution in [3.63, 3.8) is 0 Å². The molecule has 6 heteroatoms. The quantitative estimate of drug-likeness (QED) is 0.928. The summed E-state index contributed by atoms with van der Waals surface area (Å²) >= 11 is 1.85. The van der Waals surface area contributed by atoms with Gasteiger partial charge in [-0.1, -0.05) is 5.16 Å². The molecule has 1 aliphatic rings. The fourth-order valence-electron chi connectivity index (χ4n) is 2.21. The second kappa shape index (κ2) is 4.70. The minimum Gasteiger partial charge on any atom is -0.338 e. The molecule has 0 radical (unpaired) electrons. The van der Waals surface area contributed by atoms with Gasteiger partial charge in [0.05, 0.1) is 12.1 Å². The zero-order valence-corrected chi connectivity index (χ0v) is 12.0. The maximum atomic E-state index is 5.96. The monoisotopic (exact) mass is 278 g/mol. The summed E-state index contributed by atoms with van der Waals surface area (Å²) in [4.78, 5) is 8.21. The summed E-state index contributed by atoms with van der Waals surface area (Å²) in [5.41, 5.74) is 6.83. The lowest BCUT2D eigenvalue weighted by molar-refractivity contribution is 0.211. The Bertz CT molecular complexity index is 569. The maximum absolute atomic E-state index is 5.96. The predicted molar refractivity (Wildman–Crippen MR) is 73.6 cm³/mol. The van der Waals surface area contributed by atoms with Crippen molar-refractivity contribution in [3.8, 4) is 0 Å². The largest absolute Gasteiger partial charge is 0.338 e. The summed E-state index contributed by atoms with van der Waals surface area (Å²) in [5, 5.41) is 6.11. The highest BCUT2D eigenvalue weighted by Gasteiger charge is 2.23. The first-order valence-corrected chi connectivity index (χ1v) is 7.30. The van der Waals surface area contributed by atoms with Gasteiger partial charge in [0.1, 0.15) is 0 Å². The molecule has 0 aliphatic carbocycles. The molecule has 0 amide bonds. The molecule has 3 heterocycles. The molecule has 2 aromatic heterocycles. The Morgan fingerprint density at radius 1 is 1.53 bits per heavy atom. The van der Waals surface area contributed by atoms with E-state index in [2.05, 4.69) is 26.5 Å². The fraction of sp³-hybridized carbons (Fsp3) is 0.538. The van der Waals surface area contributed by atoms with Gasteiger partial charge in [0.2, 0.25) is 5.89 Å². The highest BCUT2D eigenvalue weighted by molar-refractivity contribution is 7.10. The topological polar surface area (TPSA) is 68.2 Å². The van der Waals surface area contributed by atoms with Crippen LogP contribution in [0.1, 0.15) is 36.0 Å². The molecule has 19 heavy (non-hydrogen) atoms. The van der Waals surface area contributed by atoms with E-state index in [1.54, 1.807) is 0 Å². The van der Waals surface area contributed by atoms with Crippen molar-refractivity contribution in [2.75, 3.05) is 6.54 Å². The van der Waals surface area contributed by atoms with Crippen molar-refractivity contribution in [2.24, 2.45) is 5.73 Å². The normalized spacial score (nSPS) is 16.6. The number of hydrogen-bond donors (Lipinski definition) is 1. The van der Waals surface area contributed by atoms with Gasteiger partial charge in [-0.15, -0.1) is 11.3 Å². The average molecular weight is 278 g/mol. The van der Waals surface area contributed by atoms with Gasteiger partial charge in [-0.2, -0.15) is 4.98 Å². The van der Waals surface area contributed by atoms with Crippen LogP contribution < -0.4 is 5.73 Å². The van der Waals surface area contributed by atoms with Gasteiger partial charge in [-0.25, -0.2) is 0 Å². The first-order valence-electron chi connectivity index (χ1n) is 6.42. The third kappa shape index (κ3) is 2.70. The zero-order valence-electron chi connectivity index (χ0n) is 11.2. The van der Waals surface area contributed by atoms with Crippen molar-refractivity contribution >= 4 is 11.3 Å². The van der Waals surface area contributed by atoms with E-state index in [4.69, 9.17) is 10.3 Å². The highest BCUT2D eigenvalue weighted by atomic mass is 32.1. The molecule has 0 atom stereocenters. The molecule has 0 unspecified atom stereocenters. The molecule has 0 bridgehead atoms. The molecule has 2 aromatic rings. The van der Waals surface area contributed by atoms with Crippen molar-refractivity contribution in [1.29, 1.82) is 0 Å². The van der Waals surface area contributed by atoms with Crippen LogP contribution in [0, 0.1) is 0 Å². The van der Waals surface area contributed by atoms with E-state index < -0.39 is 5.54 Å². The third-order valence-electron chi connectivity index (χ3n) is 3.29. The predicted octanol–water partition coefficient (Wildman–Crippen LogP) is 1.88. The maximum Gasteiger partial charge on any atom is 0.240 e. The SMILES string of the molecule is CC(C)(N)c1noc(CN2CCc3sccc3C2)n1. The van der Waals surface area contributed by atoms with Crippen molar-refractivity contribution in [2.45, 2.75) is 38.9 Å². The van der Waals surface area contributed by atoms with Crippen molar-refractivity contribution < 1.29 is 4.52 Å². The van der Waals surface area contributed by atoms with Gasteiger partial charge < -0.3 is 10.3 Å². The summed E-state index contributed by atoms with van der Waals surface area (Å²) in [6.45, 7) is 6.44. The molecule has 0 fully saturated rings. The Kier molecular flexibility index (Phi) is 3.16. The molecule has 1 aliphatic heterocycles. The fourth-order valence-corrected chi connectivity index (χ4v) is 3.10. The summed E-state index contributed by atoms with van der Waals surface area (Å²) in [6.07, 6.45) is 1.11. The van der Waals surface area contributed by atoms with Crippen LogP contribution in [0.2, 0.25) is 0 Å². The minimum atomic E-state index is -0.551. The smallest absolute Gasteiger partial charge is 0.240 e. The van der Waals surface area contributed by atoms with Gasteiger partial charge in [0.15, 0.2) is 5.82 Å². The number of aromatic nitrogens is 2. The Labute approximate surface area is 116 Å². The summed E-state index contributed by atoms with van der Waals surface area (Å²) < 4.78 is 5.28. The molecule has 0 spiro atoms. The van der Waals surface area contributed by atoms with Gasteiger partial charge in [0, 0.05) is 18.0 Å². The van der Waals surface area contributed by atoms with Gasteiger partial charge in [-0.05, 0) is 37.3 Å². The molecule has 2 N–H and O–H groups in total. The number of fused-ring (bicyclic) bond motifs is 1. The van der Waals surface area contributed by atoms with Crippen LogP contribution in [0.3, 0.4) is 0 Å². The van der Waals surface area contributed by atoms with Crippen LogP contribution in [0.5, 0.6) is 0 Å². The summed E-state index contributed by atoms with van der Waals surface area (Å²) in [5.74, 6) is 1.21. The Morgan fingerprint density at radius 3 is 3.11 bits per heavy atom. The number of nitrogens with two attached hydrogens (primary N) is 1. The number of hydrogen-bond acceptors (Lipinski definition) is 6. The third-order valence-corrected chi connectivity index (χ3v) is 4.31. The molecule has 0 saturated heterocycles. The lowest BCUT2D eigenvalue weighted by atomic mass is 10.1. The molecule has 0 saturated carbocycles. The molecule has 0 aromatic carbocycles.